The molecule has 5 nitrogen and oxygen atoms in total. The highest BCUT2D eigenvalue weighted by Gasteiger charge is 2.86. The van der Waals surface area contributed by atoms with Crippen molar-refractivity contribution in [2.45, 2.75) is 118 Å². The van der Waals surface area contributed by atoms with E-state index in [0.29, 0.717) is 18.3 Å². The minimum Gasteiger partial charge on any atom is -0.481 e. The number of aliphatic carboxylic acids is 1. The quantitative estimate of drug-likeness (QED) is 0.400. The summed E-state index contributed by atoms with van der Waals surface area (Å²) < 4.78 is 0. The van der Waals surface area contributed by atoms with Gasteiger partial charge in [0.25, 0.3) is 0 Å². The highest BCUT2D eigenvalue weighted by molar-refractivity contribution is 5.76. The van der Waals surface area contributed by atoms with Gasteiger partial charge in [-0.15, -0.1) is 0 Å². The number of allylic oxidation sites excluding steroid dienone is 2. The molecule has 4 N–H and O–H groups in total. The van der Waals surface area contributed by atoms with Gasteiger partial charge in [-0.3, -0.25) is 4.79 Å². The molecule has 2 spiro atoms. The molecule has 35 heavy (non-hydrogen) atoms. The van der Waals surface area contributed by atoms with E-state index in [1.54, 1.807) is 6.92 Å². The number of rotatable bonds is 5. The molecule has 5 aliphatic rings. The number of fused-ring (bicyclic) bond motifs is 2. The molecule has 0 aliphatic heterocycles. The molecule has 0 heterocycles. The molecule has 0 amide bonds. The molecular formula is C30H48O5. The number of aliphatic hydroxyl groups is 3. The maximum absolute atomic E-state index is 12.5. The van der Waals surface area contributed by atoms with Crippen LogP contribution in [0.25, 0.3) is 0 Å². The van der Waals surface area contributed by atoms with Gasteiger partial charge in [-0.1, -0.05) is 32.4 Å². The van der Waals surface area contributed by atoms with Crippen molar-refractivity contribution < 1.29 is 25.2 Å². The van der Waals surface area contributed by atoms with Gasteiger partial charge < -0.3 is 20.4 Å². The number of hydrogen-bond acceptors (Lipinski definition) is 4. The summed E-state index contributed by atoms with van der Waals surface area (Å²) in [6.07, 6.45) is 7.99. The minimum absolute atomic E-state index is 0.0403. The van der Waals surface area contributed by atoms with Gasteiger partial charge in [0.2, 0.25) is 0 Å². The monoisotopic (exact) mass is 488 g/mol. The average molecular weight is 489 g/mol. The van der Waals surface area contributed by atoms with Gasteiger partial charge in [0, 0.05) is 17.3 Å². The van der Waals surface area contributed by atoms with E-state index in [9.17, 15) is 25.2 Å². The van der Waals surface area contributed by atoms with E-state index >= 15 is 0 Å². The summed E-state index contributed by atoms with van der Waals surface area (Å²) in [4.78, 5) is 12.5. The zero-order chi connectivity index (χ0) is 25.8. The fourth-order valence-electron chi connectivity index (χ4n) is 11.1. The van der Waals surface area contributed by atoms with Crippen molar-refractivity contribution in [3.8, 4) is 0 Å². The zero-order valence-corrected chi connectivity index (χ0v) is 22.7. The Labute approximate surface area is 211 Å². The van der Waals surface area contributed by atoms with Gasteiger partial charge >= 0.3 is 5.97 Å². The van der Waals surface area contributed by atoms with Crippen LogP contribution in [0.2, 0.25) is 0 Å². The Morgan fingerprint density at radius 2 is 1.63 bits per heavy atom. The lowest BCUT2D eigenvalue weighted by molar-refractivity contribution is -0.217. The lowest BCUT2D eigenvalue weighted by Gasteiger charge is -2.64. The van der Waals surface area contributed by atoms with Gasteiger partial charge in [0.1, 0.15) is 0 Å². The minimum atomic E-state index is -1.22. The summed E-state index contributed by atoms with van der Waals surface area (Å²) in [5, 5.41) is 44.2. The van der Waals surface area contributed by atoms with Crippen molar-refractivity contribution >= 4 is 5.97 Å². The van der Waals surface area contributed by atoms with Crippen molar-refractivity contribution in [1.29, 1.82) is 0 Å². The van der Waals surface area contributed by atoms with E-state index in [1.807, 2.05) is 0 Å². The van der Waals surface area contributed by atoms with Gasteiger partial charge in [0.15, 0.2) is 0 Å². The summed E-state index contributed by atoms with van der Waals surface area (Å²) >= 11 is 0. The number of hydrogen-bond donors (Lipinski definition) is 4. The largest absolute Gasteiger partial charge is 0.481 e. The summed E-state index contributed by atoms with van der Waals surface area (Å²) in [6.45, 7) is 13.2. The molecule has 198 valence electrons. The molecule has 12 atom stereocenters. The highest BCUT2D eigenvalue weighted by atomic mass is 16.4. The van der Waals surface area contributed by atoms with Crippen LogP contribution in [-0.2, 0) is 4.79 Å². The number of aliphatic hydroxyl groups excluding tert-OH is 3. The molecular weight excluding hydrogens is 440 g/mol. The Kier molecular flexibility index (Phi) is 5.73. The summed E-state index contributed by atoms with van der Waals surface area (Å²) in [5.74, 6) is 0.155. The predicted molar refractivity (Wildman–Crippen MR) is 135 cm³/mol. The number of carboxylic acid groups (broad SMARTS) is 1. The molecule has 0 aromatic carbocycles. The first-order chi connectivity index (χ1) is 16.2. The van der Waals surface area contributed by atoms with Crippen molar-refractivity contribution in [1.82, 2.24) is 0 Å². The molecule has 0 saturated heterocycles. The lowest BCUT2D eigenvalue weighted by Crippen LogP contribution is -2.64. The smallest absolute Gasteiger partial charge is 0.312 e. The van der Waals surface area contributed by atoms with E-state index in [0.717, 1.165) is 44.9 Å². The maximum atomic E-state index is 12.5. The van der Waals surface area contributed by atoms with Crippen molar-refractivity contribution in [2.24, 2.45) is 50.7 Å². The predicted octanol–water partition coefficient (Wildman–Crippen LogP) is 5.18. The van der Waals surface area contributed by atoms with Crippen LogP contribution < -0.4 is 0 Å². The number of carboxylic acids is 1. The van der Waals surface area contributed by atoms with E-state index in [4.69, 9.17) is 0 Å². The van der Waals surface area contributed by atoms with Crippen LogP contribution in [0.1, 0.15) is 99.3 Å². The normalized spacial score (nSPS) is 55.1. The Hall–Kier alpha value is -0.910. The third-order valence-electron chi connectivity index (χ3n) is 13.3. The highest BCUT2D eigenvalue weighted by Crippen LogP contribution is 2.89. The van der Waals surface area contributed by atoms with E-state index in [-0.39, 0.29) is 40.6 Å². The summed E-state index contributed by atoms with van der Waals surface area (Å²) in [7, 11) is 0. The molecule has 5 heteroatoms. The zero-order valence-electron chi connectivity index (χ0n) is 22.7. The number of carbonyl (C=O) groups is 1. The average Bonchev–Trinajstić information content (AvgIpc) is 3.42. The summed E-state index contributed by atoms with van der Waals surface area (Å²) in [5.41, 5.74) is -0.588. The third-order valence-corrected chi connectivity index (χ3v) is 13.3. The lowest BCUT2D eigenvalue weighted by atomic mass is 9.41. The maximum Gasteiger partial charge on any atom is 0.312 e. The molecule has 0 aromatic rings. The van der Waals surface area contributed by atoms with Crippen LogP contribution in [0.4, 0.5) is 0 Å². The van der Waals surface area contributed by atoms with Crippen LogP contribution in [-0.4, -0.2) is 44.7 Å². The second-order valence-corrected chi connectivity index (χ2v) is 14.3. The molecule has 12 unspecified atom stereocenters. The van der Waals surface area contributed by atoms with Gasteiger partial charge in [-0.05, 0) is 107 Å². The molecule has 5 rings (SSSR count). The van der Waals surface area contributed by atoms with Crippen molar-refractivity contribution in [2.75, 3.05) is 0 Å². The van der Waals surface area contributed by atoms with Gasteiger partial charge in [-0.2, -0.15) is 0 Å². The van der Waals surface area contributed by atoms with E-state index in [1.165, 1.54) is 5.57 Å². The second-order valence-electron chi connectivity index (χ2n) is 14.3. The molecule has 5 saturated carbocycles. The van der Waals surface area contributed by atoms with Gasteiger partial charge in [0.05, 0.1) is 23.7 Å². The van der Waals surface area contributed by atoms with Crippen molar-refractivity contribution in [3.63, 3.8) is 0 Å². The summed E-state index contributed by atoms with van der Waals surface area (Å²) in [6, 6.07) is 0. The van der Waals surface area contributed by atoms with E-state index in [2.05, 4.69) is 40.7 Å². The first-order valence-corrected chi connectivity index (χ1v) is 14.1. The Morgan fingerprint density at radius 3 is 2.26 bits per heavy atom. The third kappa shape index (κ3) is 2.90. The topological polar surface area (TPSA) is 98.0 Å². The van der Waals surface area contributed by atoms with Crippen LogP contribution in [0.5, 0.6) is 0 Å². The Bertz CT molecular complexity index is 926. The van der Waals surface area contributed by atoms with Crippen LogP contribution in [0, 0.1) is 50.7 Å². The van der Waals surface area contributed by atoms with Crippen LogP contribution in [0.15, 0.2) is 11.6 Å². The molecule has 5 fully saturated rings. The van der Waals surface area contributed by atoms with Crippen LogP contribution >= 0.6 is 0 Å². The fraction of sp³-hybridized carbons (Fsp3) is 0.900. The second kappa shape index (κ2) is 7.80. The molecule has 0 radical (unpaired) electrons. The van der Waals surface area contributed by atoms with Crippen LogP contribution in [0.3, 0.4) is 0 Å². The Morgan fingerprint density at radius 1 is 0.971 bits per heavy atom. The first kappa shape index (κ1) is 25.7. The molecule has 0 bridgehead atoms. The SMILES string of the molecule is CC(C)=CCCC(C)C1CC(O)C2(C)C3CCC4C(C)(C(=O)O)C(O)CC(O)C45CC35CCC12C. The molecule has 5 aliphatic carbocycles. The van der Waals surface area contributed by atoms with Gasteiger partial charge in [-0.25, -0.2) is 0 Å². The van der Waals surface area contributed by atoms with Crippen molar-refractivity contribution in [3.05, 3.63) is 11.6 Å². The Balaban J connectivity index is 1.49. The first-order valence-electron chi connectivity index (χ1n) is 14.1. The molecule has 0 aromatic heterocycles. The fourth-order valence-corrected chi connectivity index (χ4v) is 11.1. The standard InChI is InChI=1S/C30H48O5/c1-17(2)8-7-9-18(3)19-14-23(32)28(6)21-11-10-20-27(5,25(34)35)22(31)15-24(33)30(20)16-29(21,30)13-12-26(19,28)4/h8,18-24,31-33H,7,9-16H2,1-6H3,(H,34,35). The van der Waals surface area contributed by atoms with E-state index < -0.39 is 29.0 Å².